The van der Waals surface area contributed by atoms with Gasteiger partial charge in [-0.25, -0.2) is 9.78 Å². The summed E-state index contributed by atoms with van der Waals surface area (Å²) in [6.07, 6.45) is 4.13. The lowest BCUT2D eigenvalue weighted by atomic mass is 9.76. The molecular formula is C34H45F3N2O6. The van der Waals surface area contributed by atoms with E-state index in [4.69, 9.17) is 19.6 Å². The number of aromatic nitrogens is 1. The van der Waals surface area contributed by atoms with Crippen LogP contribution in [0.2, 0.25) is 0 Å². The van der Waals surface area contributed by atoms with E-state index in [1.54, 1.807) is 13.0 Å². The molecule has 3 rings (SSSR count). The Balaban J connectivity index is 1.36. The molecule has 2 N–H and O–H groups in total. The van der Waals surface area contributed by atoms with Gasteiger partial charge in [0, 0.05) is 11.5 Å². The minimum atomic E-state index is -4.85. The molecule has 2 atom stereocenters. The third kappa shape index (κ3) is 11.7. The van der Waals surface area contributed by atoms with Crippen molar-refractivity contribution in [1.29, 1.82) is 0 Å². The number of pyridine rings is 1. The molecular weight excluding hydrogens is 589 g/mol. The van der Waals surface area contributed by atoms with Crippen molar-refractivity contribution in [3.8, 4) is 22.8 Å². The predicted octanol–water partition coefficient (Wildman–Crippen LogP) is 8.20. The third-order valence-corrected chi connectivity index (χ3v) is 7.63. The number of nitrogens with zero attached hydrogens (tertiary/aromatic N) is 1. The number of alkyl halides is 3. The fourth-order valence-electron chi connectivity index (χ4n) is 5.06. The second-order valence-electron chi connectivity index (χ2n) is 13.0. The topological polar surface area (TPSA) is 114 Å². The normalized spacial score (nSPS) is 14.2. The van der Waals surface area contributed by atoms with Crippen LogP contribution in [0.25, 0.3) is 22.1 Å². The summed E-state index contributed by atoms with van der Waals surface area (Å²) in [6.45, 7) is 11.0. The number of carbonyl (C=O) groups is 1. The van der Waals surface area contributed by atoms with E-state index in [9.17, 15) is 22.8 Å². The van der Waals surface area contributed by atoms with Gasteiger partial charge in [0.25, 0.3) is 0 Å². The molecule has 0 radical (unpaired) electrons. The predicted molar refractivity (Wildman–Crippen MR) is 167 cm³/mol. The van der Waals surface area contributed by atoms with Crippen LogP contribution in [-0.4, -0.2) is 36.1 Å². The SMILES string of the molecule is CC(CC(C)(C)C)C(C)(N)C(=O)OCCCCCCCCCOc1cc2cc(-c3cccc(OC(F)(F)F)c3)c(=O)oc2cn1. The minimum Gasteiger partial charge on any atom is -0.478 e. The first kappa shape index (κ1) is 35.9. The van der Waals surface area contributed by atoms with Gasteiger partial charge in [-0.15, -0.1) is 13.2 Å². The molecule has 0 saturated heterocycles. The summed E-state index contributed by atoms with van der Waals surface area (Å²) in [7, 11) is 0. The highest BCUT2D eigenvalue weighted by molar-refractivity contribution is 5.82. The van der Waals surface area contributed by atoms with Crippen LogP contribution < -0.4 is 20.8 Å². The highest BCUT2D eigenvalue weighted by Gasteiger charge is 2.38. The molecule has 0 bridgehead atoms. The van der Waals surface area contributed by atoms with Gasteiger partial charge in [0.15, 0.2) is 5.58 Å². The van der Waals surface area contributed by atoms with Gasteiger partial charge in [-0.2, -0.15) is 0 Å². The maximum absolute atomic E-state index is 12.6. The van der Waals surface area contributed by atoms with E-state index in [1.165, 1.54) is 24.4 Å². The van der Waals surface area contributed by atoms with E-state index in [1.807, 2.05) is 6.92 Å². The molecule has 0 aliphatic rings. The maximum atomic E-state index is 12.6. The van der Waals surface area contributed by atoms with Crippen LogP contribution in [0.15, 0.2) is 51.8 Å². The Hall–Kier alpha value is -3.60. The van der Waals surface area contributed by atoms with E-state index in [0.717, 1.165) is 63.5 Å². The van der Waals surface area contributed by atoms with Gasteiger partial charge in [-0.3, -0.25) is 4.79 Å². The highest BCUT2D eigenvalue weighted by Crippen LogP contribution is 2.31. The quantitative estimate of drug-likeness (QED) is 0.124. The first-order chi connectivity index (χ1) is 21.0. The molecule has 0 fully saturated rings. The van der Waals surface area contributed by atoms with Crippen molar-refractivity contribution in [2.24, 2.45) is 17.1 Å². The molecule has 0 spiro atoms. The van der Waals surface area contributed by atoms with Crippen LogP contribution in [0.5, 0.6) is 11.6 Å². The lowest BCUT2D eigenvalue weighted by Gasteiger charge is -2.33. The molecule has 0 aliphatic carbocycles. The summed E-state index contributed by atoms with van der Waals surface area (Å²) in [6, 6.07) is 8.31. The number of nitrogens with two attached hydrogens (primary N) is 1. The molecule has 3 aromatic rings. The Morgan fingerprint density at radius 2 is 1.60 bits per heavy atom. The minimum absolute atomic E-state index is 0.0166. The van der Waals surface area contributed by atoms with Gasteiger partial charge >= 0.3 is 18.0 Å². The summed E-state index contributed by atoms with van der Waals surface area (Å²) >= 11 is 0. The van der Waals surface area contributed by atoms with Gasteiger partial charge in [0.05, 0.1) is 25.0 Å². The van der Waals surface area contributed by atoms with E-state index < -0.39 is 23.3 Å². The number of unbranched alkanes of at least 4 members (excludes halogenated alkanes) is 6. The summed E-state index contributed by atoms with van der Waals surface area (Å²) in [5.74, 6) is -0.402. The fraction of sp³-hybridized carbons (Fsp3) is 0.559. The molecule has 8 nitrogen and oxygen atoms in total. The average molecular weight is 635 g/mol. The Kier molecular flexibility index (Phi) is 12.4. The molecule has 0 saturated carbocycles. The Morgan fingerprint density at radius 3 is 2.24 bits per heavy atom. The molecule has 2 heterocycles. The Labute approximate surface area is 262 Å². The molecule has 11 heteroatoms. The second-order valence-corrected chi connectivity index (χ2v) is 13.0. The van der Waals surface area contributed by atoms with Gasteiger partial charge in [-0.05, 0) is 61.3 Å². The number of hydrogen-bond donors (Lipinski definition) is 1. The van der Waals surface area contributed by atoms with Gasteiger partial charge in [0.2, 0.25) is 5.88 Å². The third-order valence-electron chi connectivity index (χ3n) is 7.63. The molecule has 0 amide bonds. The smallest absolute Gasteiger partial charge is 0.478 e. The largest absolute Gasteiger partial charge is 0.573 e. The van der Waals surface area contributed by atoms with Crippen molar-refractivity contribution in [1.82, 2.24) is 4.98 Å². The molecule has 45 heavy (non-hydrogen) atoms. The fourth-order valence-corrected chi connectivity index (χ4v) is 5.06. The monoisotopic (exact) mass is 634 g/mol. The zero-order chi connectivity index (χ0) is 33.3. The highest BCUT2D eigenvalue weighted by atomic mass is 19.4. The molecule has 1 aromatic carbocycles. The van der Waals surface area contributed by atoms with Crippen LogP contribution in [0, 0.1) is 11.3 Å². The molecule has 0 aliphatic heterocycles. The van der Waals surface area contributed by atoms with E-state index in [0.29, 0.717) is 24.5 Å². The van der Waals surface area contributed by atoms with Crippen LogP contribution >= 0.6 is 0 Å². The van der Waals surface area contributed by atoms with Crippen molar-refractivity contribution in [2.75, 3.05) is 13.2 Å². The van der Waals surface area contributed by atoms with Crippen molar-refractivity contribution in [2.45, 2.75) is 97.9 Å². The van der Waals surface area contributed by atoms with Crippen molar-refractivity contribution < 1.29 is 36.6 Å². The summed E-state index contributed by atoms with van der Waals surface area (Å²) in [4.78, 5) is 29.2. The number of fused-ring (bicyclic) bond motifs is 1. The van der Waals surface area contributed by atoms with Crippen molar-refractivity contribution in [3.63, 3.8) is 0 Å². The van der Waals surface area contributed by atoms with Crippen LogP contribution in [0.4, 0.5) is 13.2 Å². The van der Waals surface area contributed by atoms with Gasteiger partial charge < -0.3 is 24.4 Å². The standard InChI is InChI=1S/C34H45F3N2O6/c1-23(21-32(2,3)4)33(5,38)31(41)43-17-12-10-8-6-7-9-11-16-42-29-20-25-19-27(30(40)44-28(25)22-39-29)24-14-13-15-26(18-24)45-34(35,36)37/h13-15,18-20,22-23H,6-12,16-17,21,38H2,1-5H3. The number of halogens is 3. The number of ether oxygens (including phenoxy) is 3. The first-order valence-electron chi connectivity index (χ1n) is 15.4. The lowest BCUT2D eigenvalue weighted by molar-refractivity contribution is -0.274. The molecule has 248 valence electrons. The summed E-state index contributed by atoms with van der Waals surface area (Å²) < 4.78 is 58.4. The van der Waals surface area contributed by atoms with Crippen LogP contribution in [-0.2, 0) is 9.53 Å². The number of rotatable bonds is 16. The zero-order valence-electron chi connectivity index (χ0n) is 26.8. The summed E-state index contributed by atoms with van der Waals surface area (Å²) in [5.41, 5.74) is 5.25. The van der Waals surface area contributed by atoms with Crippen LogP contribution in [0.3, 0.4) is 0 Å². The van der Waals surface area contributed by atoms with E-state index >= 15 is 0 Å². The first-order valence-corrected chi connectivity index (χ1v) is 15.4. The van der Waals surface area contributed by atoms with E-state index in [2.05, 4.69) is 30.5 Å². The Morgan fingerprint density at radius 1 is 0.956 bits per heavy atom. The molecule has 2 unspecified atom stereocenters. The zero-order valence-corrected chi connectivity index (χ0v) is 26.8. The van der Waals surface area contributed by atoms with Crippen molar-refractivity contribution in [3.05, 3.63) is 53.0 Å². The average Bonchev–Trinajstić information content (AvgIpc) is 2.93. The van der Waals surface area contributed by atoms with Crippen molar-refractivity contribution >= 4 is 16.9 Å². The number of carbonyl (C=O) groups excluding carboxylic acids is 1. The lowest BCUT2D eigenvalue weighted by Crippen LogP contribution is -2.52. The summed E-state index contributed by atoms with van der Waals surface area (Å²) in [5, 5.41) is 0.526. The number of benzene rings is 1. The Bertz CT molecular complexity index is 1460. The number of hydrogen-bond acceptors (Lipinski definition) is 8. The van der Waals surface area contributed by atoms with E-state index in [-0.39, 0.29) is 34.0 Å². The number of esters is 1. The van der Waals surface area contributed by atoms with Crippen LogP contribution in [0.1, 0.15) is 86.0 Å². The molecule has 2 aromatic heterocycles. The maximum Gasteiger partial charge on any atom is 0.573 e. The van der Waals surface area contributed by atoms with Gasteiger partial charge in [0.1, 0.15) is 11.3 Å². The second kappa shape index (κ2) is 15.6. The van der Waals surface area contributed by atoms with Gasteiger partial charge in [-0.1, -0.05) is 71.9 Å².